The van der Waals surface area contributed by atoms with Crippen LogP contribution in [0.15, 0.2) is 41.5 Å². The number of guanidine groups is 1. The number of hydrogen-bond donors (Lipinski definition) is 2. The van der Waals surface area contributed by atoms with Crippen molar-refractivity contribution in [3.05, 3.63) is 48.0 Å². The molecule has 0 amide bonds. The summed E-state index contributed by atoms with van der Waals surface area (Å²) in [6.45, 7) is 5.46. The first-order valence-electron chi connectivity index (χ1n) is 10.8. The zero-order valence-electron chi connectivity index (χ0n) is 18.2. The van der Waals surface area contributed by atoms with Crippen LogP contribution in [-0.2, 0) is 17.2 Å². The van der Waals surface area contributed by atoms with E-state index in [1.165, 1.54) is 12.1 Å². The van der Waals surface area contributed by atoms with Crippen LogP contribution in [0.1, 0.15) is 45.2 Å². The number of halogens is 2. The van der Waals surface area contributed by atoms with Gasteiger partial charge in [0, 0.05) is 53.6 Å². The monoisotopic (exact) mass is 561 g/mol. The molecule has 1 saturated carbocycles. The molecule has 9 heteroatoms. The number of benzene rings is 1. The summed E-state index contributed by atoms with van der Waals surface area (Å²) < 4.78 is 27.0. The minimum atomic E-state index is -0.730. The molecule has 0 radical (unpaired) electrons. The third-order valence-corrected chi connectivity index (χ3v) is 7.08. The summed E-state index contributed by atoms with van der Waals surface area (Å²) in [5.41, 5.74) is 1.77. The summed E-state index contributed by atoms with van der Waals surface area (Å²) in [4.78, 5) is 4.71. The lowest BCUT2D eigenvalue weighted by Crippen LogP contribution is -2.46. The first-order valence-corrected chi connectivity index (χ1v) is 12.2. The molecule has 1 aliphatic carbocycles. The largest absolute Gasteiger partial charge is 0.357 e. The first-order chi connectivity index (χ1) is 14.6. The fraction of sp³-hybridized carbons (Fsp3) is 0.545. The molecule has 3 atom stereocenters. The summed E-state index contributed by atoms with van der Waals surface area (Å²) in [5, 5.41) is 11.7. The van der Waals surface area contributed by atoms with Gasteiger partial charge in [-0.05, 0) is 56.5 Å². The second kappa shape index (κ2) is 13.1. The minimum absolute atomic E-state index is 0. The Morgan fingerprint density at radius 1 is 1.26 bits per heavy atom. The molecule has 0 aliphatic heterocycles. The molecule has 1 aromatic carbocycles. The van der Waals surface area contributed by atoms with E-state index in [9.17, 15) is 8.60 Å². The molecule has 6 nitrogen and oxygen atoms in total. The summed E-state index contributed by atoms with van der Waals surface area (Å²) in [6, 6.07) is 8.56. The van der Waals surface area contributed by atoms with Crippen LogP contribution in [0.25, 0.3) is 5.69 Å². The lowest BCUT2D eigenvalue weighted by atomic mass is 9.95. The van der Waals surface area contributed by atoms with Crippen molar-refractivity contribution < 1.29 is 8.60 Å². The van der Waals surface area contributed by atoms with E-state index < -0.39 is 10.8 Å². The third-order valence-electron chi connectivity index (χ3n) is 5.34. The Balaban J connectivity index is 0.00000341. The minimum Gasteiger partial charge on any atom is -0.357 e. The molecule has 1 fully saturated rings. The Bertz CT molecular complexity index is 858. The summed E-state index contributed by atoms with van der Waals surface area (Å²) >= 11 is 0. The lowest BCUT2D eigenvalue weighted by Gasteiger charge is -2.30. The molecule has 2 N–H and O–H groups in total. The van der Waals surface area contributed by atoms with Gasteiger partial charge in [-0.3, -0.25) is 9.20 Å². The van der Waals surface area contributed by atoms with Crippen LogP contribution in [0, 0.1) is 5.82 Å². The molecule has 1 aromatic heterocycles. The lowest BCUT2D eigenvalue weighted by molar-refractivity contribution is 0.413. The molecule has 2 aromatic rings. The zero-order chi connectivity index (χ0) is 21.3. The van der Waals surface area contributed by atoms with E-state index in [0.29, 0.717) is 17.8 Å². The average molecular weight is 562 g/mol. The summed E-state index contributed by atoms with van der Waals surface area (Å²) in [7, 11) is -0.730. The molecule has 0 bridgehead atoms. The van der Waals surface area contributed by atoms with Crippen LogP contribution in [0.4, 0.5) is 4.39 Å². The van der Waals surface area contributed by atoms with Crippen LogP contribution in [-0.4, -0.2) is 50.1 Å². The molecule has 1 heterocycles. The van der Waals surface area contributed by atoms with E-state index in [2.05, 4.69) is 22.7 Å². The van der Waals surface area contributed by atoms with Crippen molar-refractivity contribution in [2.24, 2.45) is 4.99 Å². The molecule has 1 aliphatic rings. The van der Waals surface area contributed by atoms with Crippen molar-refractivity contribution in [1.82, 2.24) is 20.4 Å². The van der Waals surface area contributed by atoms with Crippen LogP contribution in [0.5, 0.6) is 0 Å². The van der Waals surface area contributed by atoms with Crippen molar-refractivity contribution in [3.63, 3.8) is 0 Å². The van der Waals surface area contributed by atoms with Crippen molar-refractivity contribution in [3.8, 4) is 5.69 Å². The van der Waals surface area contributed by atoms with Gasteiger partial charge >= 0.3 is 0 Å². The molecule has 0 saturated heterocycles. The molecule has 3 unspecified atom stereocenters. The third kappa shape index (κ3) is 7.85. The van der Waals surface area contributed by atoms with E-state index >= 15 is 0 Å². The second-order valence-corrected chi connectivity index (χ2v) is 9.54. The maximum absolute atomic E-state index is 13.1. The highest BCUT2D eigenvalue weighted by molar-refractivity contribution is 14.0. The molecular formula is C22H33FIN5OS. The van der Waals surface area contributed by atoms with Crippen LogP contribution in [0.2, 0.25) is 0 Å². The fourth-order valence-electron chi connectivity index (χ4n) is 3.78. The average Bonchev–Trinajstić information content (AvgIpc) is 3.23. The van der Waals surface area contributed by atoms with Gasteiger partial charge in [0.05, 0.1) is 11.4 Å². The quantitative estimate of drug-likeness (QED) is 0.292. The predicted molar refractivity (Wildman–Crippen MR) is 136 cm³/mol. The van der Waals surface area contributed by atoms with E-state index in [4.69, 9.17) is 4.99 Å². The van der Waals surface area contributed by atoms with Gasteiger partial charge in [-0.25, -0.2) is 9.07 Å². The highest BCUT2D eigenvalue weighted by Crippen LogP contribution is 2.23. The molecule has 3 rings (SSSR count). The maximum Gasteiger partial charge on any atom is 0.191 e. The Labute approximate surface area is 204 Å². The number of nitrogens with one attached hydrogen (secondary N) is 2. The van der Waals surface area contributed by atoms with E-state index in [0.717, 1.165) is 61.7 Å². The van der Waals surface area contributed by atoms with Gasteiger partial charge < -0.3 is 10.6 Å². The Morgan fingerprint density at radius 2 is 2.03 bits per heavy atom. The zero-order valence-corrected chi connectivity index (χ0v) is 21.4. The molecule has 172 valence electrons. The van der Waals surface area contributed by atoms with Gasteiger partial charge in [-0.15, -0.1) is 24.0 Å². The van der Waals surface area contributed by atoms with Gasteiger partial charge in [0.25, 0.3) is 0 Å². The highest BCUT2D eigenvalue weighted by atomic mass is 127. The highest BCUT2D eigenvalue weighted by Gasteiger charge is 2.26. The van der Waals surface area contributed by atoms with Crippen LogP contribution in [0.3, 0.4) is 0 Å². The number of aliphatic imine (C=N–C) groups is 1. The number of aromatic nitrogens is 2. The molecular weight excluding hydrogens is 528 g/mol. The maximum atomic E-state index is 13.1. The standard InChI is InChI=1S/C22H32FN5OS.HI/c1-3-24-22(26-19-6-5-7-21(16-19)30(29)4-2)25-14-12-18-13-15-28(27-18)20-10-8-17(23)9-11-20;/h8-11,13,15,19,21H,3-7,12,14,16H2,1-2H3,(H2,24,25,26);1H. The van der Waals surface area contributed by atoms with E-state index in [1.54, 1.807) is 16.8 Å². The normalized spacial score (nSPS) is 20.0. The smallest absolute Gasteiger partial charge is 0.191 e. The fourth-order valence-corrected chi connectivity index (χ4v) is 5.13. The number of rotatable bonds is 8. The van der Waals surface area contributed by atoms with E-state index in [-0.39, 0.29) is 29.8 Å². The number of nitrogens with zero attached hydrogens (tertiary/aromatic N) is 3. The summed E-state index contributed by atoms with van der Waals surface area (Å²) in [5.74, 6) is 1.29. The van der Waals surface area contributed by atoms with Crippen molar-refractivity contribution in [2.75, 3.05) is 18.8 Å². The Hall–Kier alpha value is -1.49. The van der Waals surface area contributed by atoms with Gasteiger partial charge in [0.2, 0.25) is 0 Å². The summed E-state index contributed by atoms with van der Waals surface area (Å²) in [6.07, 6.45) is 6.79. The first kappa shape index (κ1) is 25.8. The molecule has 31 heavy (non-hydrogen) atoms. The molecule has 0 spiro atoms. The van der Waals surface area contributed by atoms with Crippen LogP contribution >= 0.6 is 24.0 Å². The van der Waals surface area contributed by atoms with E-state index in [1.807, 2.05) is 19.2 Å². The van der Waals surface area contributed by atoms with Crippen LogP contribution < -0.4 is 10.6 Å². The topological polar surface area (TPSA) is 71.3 Å². The Kier molecular flexibility index (Phi) is 10.9. The van der Waals surface area contributed by atoms with Gasteiger partial charge in [0.1, 0.15) is 5.82 Å². The van der Waals surface area contributed by atoms with Gasteiger partial charge in [0.15, 0.2) is 5.96 Å². The van der Waals surface area contributed by atoms with Gasteiger partial charge in [-0.1, -0.05) is 13.3 Å². The SMILES string of the molecule is CCNC(=NCCc1ccn(-c2ccc(F)cc2)n1)NC1CCCC(S(=O)CC)C1.I. The van der Waals surface area contributed by atoms with Crippen molar-refractivity contribution in [2.45, 2.75) is 57.2 Å². The number of hydrogen-bond acceptors (Lipinski definition) is 3. The van der Waals surface area contributed by atoms with Crippen molar-refractivity contribution in [1.29, 1.82) is 0 Å². The van der Waals surface area contributed by atoms with Gasteiger partial charge in [-0.2, -0.15) is 5.10 Å². The predicted octanol–water partition coefficient (Wildman–Crippen LogP) is 3.81. The van der Waals surface area contributed by atoms with Crippen molar-refractivity contribution >= 4 is 40.7 Å². The second-order valence-electron chi connectivity index (χ2n) is 7.54. The Morgan fingerprint density at radius 3 is 2.74 bits per heavy atom.